The second kappa shape index (κ2) is 5.67. The third-order valence-corrected chi connectivity index (χ3v) is 4.46. The zero-order chi connectivity index (χ0) is 12.3. The maximum absolute atomic E-state index is 6.25. The highest BCUT2D eigenvalue weighted by molar-refractivity contribution is 7.12. The Balaban J connectivity index is 2.36. The van der Waals surface area contributed by atoms with Crippen LogP contribution in [-0.2, 0) is 6.42 Å². The monoisotopic (exact) mass is 265 g/mol. The molecule has 1 unspecified atom stereocenters. The fourth-order valence-corrected chi connectivity index (χ4v) is 3.23. The van der Waals surface area contributed by atoms with Gasteiger partial charge in [-0.15, -0.1) is 11.3 Å². The molecule has 1 aromatic heterocycles. The van der Waals surface area contributed by atoms with Crippen molar-refractivity contribution in [2.24, 2.45) is 0 Å². The van der Waals surface area contributed by atoms with E-state index in [1.807, 2.05) is 36.6 Å². The van der Waals surface area contributed by atoms with Crippen LogP contribution >= 0.6 is 22.9 Å². The maximum Gasteiger partial charge on any atom is 0.0683 e. The van der Waals surface area contributed by atoms with Gasteiger partial charge < -0.3 is 5.32 Å². The summed E-state index contributed by atoms with van der Waals surface area (Å²) in [7, 11) is 1.97. The SMILES string of the molecule is CCc1ccc(C(NC)c2ccccc2Cl)s1. The largest absolute Gasteiger partial charge is 0.309 e. The molecule has 1 N–H and O–H groups in total. The Morgan fingerprint density at radius 3 is 2.59 bits per heavy atom. The molecular formula is C14H16ClNS. The molecule has 0 spiro atoms. The van der Waals surface area contributed by atoms with Gasteiger partial charge in [-0.05, 0) is 37.2 Å². The summed E-state index contributed by atoms with van der Waals surface area (Å²) < 4.78 is 0. The molecule has 90 valence electrons. The van der Waals surface area contributed by atoms with Gasteiger partial charge in [-0.25, -0.2) is 0 Å². The van der Waals surface area contributed by atoms with Crippen molar-refractivity contribution in [3.63, 3.8) is 0 Å². The number of halogens is 1. The predicted octanol–water partition coefficient (Wildman–Crippen LogP) is 4.27. The Morgan fingerprint density at radius 1 is 1.24 bits per heavy atom. The first-order valence-electron chi connectivity index (χ1n) is 5.76. The highest BCUT2D eigenvalue weighted by Crippen LogP contribution is 2.32. The van der Waals surface area contributed by atoms with E-state index >= 15 is 0 Å². The van der Waals surface area contributed by atoms with Crippen molar-refractivity contribution >= 4 is 22.9 Å². The maximum atomic E-state index is 6.25. The van der Waals surface area contributed by atoms with Crippen LogP contribution in [-0.4, -0.2) is 7.05 Å². The van der Waals surface area contributed by atoms with Gasteiger partial charge in [0.25, 0.3) is 0 Å². The minimum absolute atomic E-state index is 0.189. The fourth-order valence-electron chi connectivity index (χ4n) is 1.90. The average Bonchev–Trinajstić information content (AvgIpc) is 2.81. The molecule has 0 fully saturated rings. The van der Waals surface area contributed by atoms with Gasteiger partial charge in [0.05, 0.1) is 6.04 Å². The smallest absolute Gasteiger partial charge is 0.0683 e. The zero-order valence-corrected chi connectivity index (χ0v) is 11.6. The van der Waals surface area contributed by atoms with Gasteiger partial charge in [0.15, 0.2) is 0 Å². The molecule has 0 amide bonds. The van der Waals surface area contributed by atoms with E-state index in [4.69, 9.17) is 11.6 Å². The van der Waals surface area contributed by atoms with Crippen LogP contribution in [0, 0.1) is 0 Å². The van der Waals surface area contributed by atoms with Crippen LogP contribution in [0.1, 0.15) is 28.3 Å². The zero-order valence-electron chi connectivity index (χ0n) is 10.0. The fraction of sp³-hybridized carbons (Fsp3) is 0.286. The van der Waals surface area contributed by atoms with Crippen LogP contribution in [0.3, 0.4) is 0 Å². The molecule has 0 saturated heterocycles. The minimum Gasteiger partial charge on any atom is -0.309 e. The Kier molecular flexibility index (Phi) is 4.21. The highest BCUT2D eigenvalue weighted by atomic mass is 35.5. The topological polar surface area (TPSA) is 12.0 Å². The van der Waals surface area contributed by atoms with E-state index in [1.165, 1.54) is 9.75 Å². The lowest BCUT2D eigenvalue weighted by Crippen LogP contribution is -2.16. The molecule has 1 nitrogen and oxygen atoms in total. The van der Waals surface area contributed by atoms with E-state index in [0.29, 0.717) is 0 Å². The second-order valence-corrected chi connectivity index (χ2v) is 5.51. The van der Waals surface area contributed by atoms with Crippen LogP contribution in [0.2, 0.25) is 5.02 Å². The Morgan fingerprint density at radius 2 is 2.00 bits per heavy atom. The van der Waals surface area contributed by atoms with Crippen LogP contribution in [0.25, 0.3) is 0 Å². The van der Waals surface area contributed by atoms with Crippen LogP contribution < -0.4 is 5.32 Å². The molecule has 1 aromatic carbocycles. The van der Waals surface area contributed by atoms with Crippen molar-refractivity contribution in [3.8, 4) is 0 Å². The summed E-state index contributed by atoms with van der Waals surface area (Å²) in [6, 6.07) is 12.6. The number of hydrogen-bond acceptors (Lipinski definition) is 2. The van der Waals surface area contributed by atoms with Crippen molar-refractivity contribution < 1.29 is 0 Å². The summed E-state index contributed by atoms with van der Waals surface area (Å²) in [5, 5.41) is 4.16. The molecule has 3 heteroatoms. The van der Waals surface area contributed by atoms with Gasteiger partial charge in [-0.2, -0.15) is 0 Å². The Bertz CT molecular complexity index is 492. The van der Waals surface area contributed by atoms with E-state index in [-0.39, 0.29) is 6.04 Å². The van der Waals surface area contributed by atoms with Crippen molar-refractivity contribution in [1.82, 2.24) is 5.32 Å². The number of rotatable bonds is 4. The molecule has 0 aliphatic carbocycles. The van der Waals surface area contributed by atoms with Crippen LogP contribution in [0.15, 0.2) is 36.4 Å². The lowest BCUT2D eigenvalue weighted by atomic mass is 10.1. The summed E-state index contributed by atoms with van der Waals surface area (Å²) >= 11 is 8.10. The van der Waals surface area contributed by atoms with Crippen molar-refractivity contribution in [2.75, 3.05) is 7.05 Å². The summed E-state index contributed by atoms with van der Waals surface area (Å²) in [4.78, 5) is 2.73. The molecule has 0 aliphatic rings. The van der Waals surface area contributed by atoms with Crippen LogP contribution in [0.4, 0.5) is 0 Å². The third kappa shape index (κ3) is 2.71. The molecule has 1 atom stereocenters. The molecule has 1 heterocycles. The first kappa shape index (κ1) is 12.6. The molecule has 17 heavy (non-hydrogen) atoms. The number of thiophene rings is 1. The molecule has 2 rings (SSSR count). The summed E-state index contributed by atoms with van der Waals surface area (Å²) in [5.74, 6) is 0. The molecule has 0 aliphatic heterocycles. The normalized spacial score (nSPS) is 12.6. The van der Waals surface area contributed by atoms with E-state index in [2.05, 4.69) is 30.4 Å². The van der Waals surface area contributed by atoms with E-state index in [0.717, 1.165) is 17.0 Å². The van der Waals surface area contributed by atoms with E-state index in [9.17, 15) is 0 Å². The lowest BCUT2D eigenvalue weighted by Gasteiger charge is -2.16. The van der Waals surface area contributed by atoms with Gasteiger partial charge >= 0.3 is 0 Å². The quantitative estimate of drug-likeness (QED) is 0.870. The Hall–Kier alpha value is -0.830. The van der Waals surface area contributed by atoms with Gasteiger partial charge in [-0.1, -0.05) is 36.7 Å². The third-order valence-electron chi connectivity index (χ3n) is 2.82. The van der Waals surface area contributed by atoms with Crippen molar-refractivity contribution in [1.29, 1.82) is 0 Å². The molecule has 0 saturated carbocycles. The number of aryl methyl sites for hydroxylation is 1. The van der Waals surface area contributed by atoms with Gasteiger partial charge in [-0.3, -0.25) is 0 Å². The minimum atomic E-state index is 0.189. The molecule has 0 radical (unpaired) electrons. The number of nitrogens with one attached hydrogen (secondary N) is 1. The lowest BCUT2D eigenvalue weighted by molar-refractivity contribution is 0.704. The number of hydrogen-bond donors (Lipinski definition) is 1. The second-order valence-electron chi connectivity index (χ2n) is 3.90. The number of benzene rings is 1. The van der Waals surface area contributed by atoms with E-state index < -0.39 is 0 Å². The first-order valence-corrected chi connectivity index (χ1v) is 6.96. The highest BCUT2D eigenvalue weighted by Gasteiger charge is 2.16. The summed E-state index contributed by atoms with van der Waals surface area (Å²) in [5.41, 5.74) is 1.14. The van der Waals surface area contributed by atoms with Gasteiger partial charge in [0.2, 0.25) is 0 Å². The Labute approximate surface area is 111 Å². The summed E-state index contributed by atoms with van der Waals surface area (Å²) in [6.45, 7) is 2.18. The van der Waals surface area contributed by atoms with E-state index in [1.54, 1.807) is 0 Å². The van der Waals surface area contributed by atoms with Crippen LogP contribution in [0.5, 0.6) is 0 Å². The molecular weight excluding hydrogens is 250 g/mol. The first-order chi connectivity index (χ1) is 8.26. The van der Waals surface area contributed by atoms with Gasteiger partial charge in [0, 0.05) is 14.8 Å². The molecule has 0 bridgehead atoms. The van der Waals surface area contributed by atoms with Gasteiger partial charge in [0.1, 0.15) is 0 Å². The summed E-state index contributed by atoms with van der Waals surface area (Å²) in [6.07, 6.45) is 1.09. The van der Waals surface area contributed by atoms with Crippen molar-refractivity contribution in [3.05, 3.63) is 56.7 Å². The predicted molar refractivity (Wildman–Crippen MR) is 76.1 cm³/mol. The standard InChI is InChI=1S/C14H16ClNS/c1-3-10-8-9-13(17-10)14(16-2)11-6-4-5-7-12(11)15/h4-9,14,16H,3H2,1-2H3. The average molecular weight is 266 g/mol. The van der Waals surface area contributed by atoms with Crippen molar-refractivity contribution in [2.45, 2.75) is 19.4 Å². The molecule has 2 aromatic rings.